The van der Waals surface area contributed by atoms with Crippen molar-refractivity contribution in [3.8, 4) is 0 Å². The van der Waals surface area contributed by atoms with Gasteiger partial charge in [-0.05, 0) is 18.2 Å². The molecule has 0 aliphatic carbocycles. The second-order valence-corrected chi connectivity index (χ2v) is 4.75. The predicted molar refractivity (Wildman–Crippen MR) is 79.1 cm³/mol. The molecule has 0 radical (unpaired) electrons. The zero-order chi connectivity index (χ0) is 15.2. The average molecular weight is 293 g/mol. The lowest BCUT2D eigenvalue weighted by Crippen LogP contribution is -2.38. The lowest BCUT2D eigenvalue weighted by molar-refractivity contribution is 0.0530. The minimum atomic E-state index is -0.507. The van der Waals surface area contributed by atoms with Gasteiger partial charge in [-0.3, -0.25) is 0 Å². The van der Waals surface area contributed by atoms with Crippen molar-refractivity contribution >= 4 is 5.70 Å². The molecule has 0 atom stereocenters. The number of morpholine rings is 1. The van der Waals surface area contributed by atoms with Gasteiger partial charge in [-0.2, -0.15) is 0 Å². The van der Waals surface area contributed by atoms with Gasteiger partial charge >= 0.3 is 0 Å². The summed E-state index contributed by atoms with van der Waals surface area (Å²) in [4.78, 5) is 1.98. The fourth-order valence-corrected chi connectivity index (χ4v) is 2.12. The highest BCUT2D eigenvalue weighted by Gasteiger charge is 2.11. The van der Waals surface area contributed by atoms with Crippen molar-refractivity contribution in [2.45, 2.75) is 6.61 Å². The Balaban J connectivity index is 2.17. The molecule has 0 saturated carbocycles. The highest BCUT2D eigenvalue weighted by atomic mass is 19.1. The van der Waals surface area contributed by atoms with Crippen LogP contribution in [0, 0.1) is 5.82 Å². The van der Waals surface area contributed by atoms with Crippen molar-refractivity contribution in [1.29, 1.82) is 0 Å². The van der Waals surface area contributed by atoms with Gasteiger partial charge in [0.05, 0.1) is 25.6 Å². The monoisotopic (exact) mass is 293 g/mol. The first kappa shape index (κ1) is 15.3. The van der Waals surface area contributed by atoms with Crippen LogP contribution in [0.1, 0.15) is 11.1 Å². The minimum Gasteiger partial charge on any atom is -0.398 e. The Kier molecular flexibility index (Phi) is 5.19. The average Bonchev–Trinajstić information content (AvgIpc) is 2.53. The molecule has 0 unspecified atom stereocenters. The van der Waals surface area contributed by atoms with Crippen molar-refractivity contribution in [2.75, 3.05) is 26.3 Å². The molecule has 1 aliphatic rings. The van der Waals surface area contributed by atoms with Gasteiger partial charge < -0.3 is 26.2 Å². The number of aliphatic hydroxyl groups excluding tert-OH is 1. The smallest absolute Gasteiger partial charge is 0.137 e. The van der Waals surface area contributed by atoms with E-state index in [0.29, 0.717) is 19.0 Å². The Bertz CT molecular complexity index is 552. The molecule has 2 rings (SSSR count). The first-order chi connectivity index (χ1) is 10.1. The number of allylic oxidation sites excluding steroid dienone is 2. The third kappa shape index (κ3) is 3.74. The zero-order valence-corrected chi connectivity index (χ0v) is 11.8. The summed E-state index contributed by atoms with van der Waals surface area (Å²) in [6.45, 7) is 2.37. The zero-order valence-electron chi connectivity index (χ0n) is 11.8. The first-order valence-electron chi connectivity index (χ1n) is 6.77. The van der Waals surface area contributed by atoms with Crippen LogP contribution in [-0.4, -0.2) is 36.3 Å². The van der Waals surface area contributed by atoms with Crippen LogP contribution in [0.15, 0.2) is 36.2 Å². The quantitative estimate of drug-likeness (QED) is 0.713. The second kappa shape index (κ2) is 7.10. The molecule has 1 aromatic carbocycles. The number of ether oxygens (including phenoxy) is 1. The van der Waals surface area contributed by atoms with Crippen LogP contribution in [0.4, 0.5) is 4.39 Å². The minimum absolute atomic E-state index is 0.217. The molecule has 6 heteroatoms. The van der Waals surface area contributed by atoms with E-state index in [0.717, 1.165) is 13.1 Å². The van der Waals surface area contributed by atoms with E-state index in [2.05, 4.69) is 0 Å². The molecule has 114 valence electrons. The second-order valence-electron chi connectivity index (χ2n) is 4.75. The topological polar surface area (TPSA) is 84.7 Å². The summed E-state index contributed by atoms with van der Waals surface area (Å²) in [6, 6.07) is 4.74. The molecule has 5 N–H and O–H groups in total. The van der Waals surface area contributed by atoms with Gasteiger partial charge in [-0.1, -0.05) is 12.1 Å². The van der Waals surface area contributed by atoms with E-state index in [1.165, 1.54) is 6.07 Å². The Hall–Kier alpha value is -2.05. The summed E-state index contributed by atoms with van der Waals surface area (Å²) in [5, 5.41) is 9.06. The van der Waals surface area contributed by atoms with Crippen molar-refractivity contribution < 1.29 is 14.2 Å². The van der Waals surface area contributed by atoms with Crippen molar-refractivity contribution in [3.05, 3.63) is 53.1 Å². The maximum absolute atomic E-state index is 14.0. The molecular weight excluding hydrogens is 273 g/mol. The maximum atomic E-state index is 14.0. The van der Waals surface area contributed by atoms with Crippen LogP contribution in [-0.2, 0) is 11.3 Å². The molecular formula is C15H20FN3O2. The summed E-state index contributed by atoms with van der Waals surface area (Å²) >= 11 is 0. The van der Waals surface area contributed by atoms with Crippen LogP contribution in [0.3, 0.4) is 0 Å². The van der Waals surface area contributed by atoms with Gasteiger partial charge in [-0.15, -0.1) is 0 Å². The van der Waals surface area contributed by atoms with Crippen LogP contribution in [0.5, 0.6) is 0 Å². The number of halogens is 1. The largest absolute Gasteiger partial charge is 0.398 e. The standard InChI is InChI=1S/C15H20FN3O2/c16-15-11(10-20)2-1-3-12(15)13(17)4-5-14(18)19-6-8-21-9-7-19/h1-5,20H,6-10,17-18H2/b13-4-,14-5+. The number of rotatable bonds is 4. The SMILES string of the molecule is N/C(=C\C=C(/N)N1CCOCC1)c1cccc(CO)c1F. The van der Waals surface area contributed by atoms with Gasteiger partial charge in [0.2, 0.25) is 0 Å². The van der Waals surface area contributed by atoms with Gasteiger partial charge in [0.1, 0.15) is 5.82 Å². The molecule has 0 spiro atoms. The van der Waals surface area contributed by atoms with Crippen molar-refractivity contribution in [1.82, 2.24) is 4.90 Å². The van der Waals surface area contributed by atoms with Gasteiger partial charge in [0.15, 0.2) is 0 Å². The van der Waals surface area contributed by atoms with Crippen LogP contribution < -0.4 is 11.5 Å². The van der Waals surface area contributed by atoms with Crippen molar-refractivity contribution in [2.24, 2.45) is 11.5 Å². The summed E-state index contributed by atoms with van der Waals surface area (Å²) in [5.74, 6) is 0.0621. The molecule has 1 saturated heterocycles. The Morgan fingerprint density at radius 3 is 2.67 bits per heavy atom. The Labute approximate surface area is 123 Å². The fourth-order valence-electron chi connectivity index (χ4n) is 2.12. The third-order valence-corrected chi connectivity index (χ3v) is 3.37. The summed E-state index contributed by atoms with van der Waals surface area (Å²) in [5.41, 5.74) is 12.6. The lowest BCUT2D eigenvalue weighted by Gasteiger charge is -2.28. The van der Waals surface area contributed by atoms with E-state index in [9.17, 15) is 4.39 Å². The number of hydrogen-bond donors (Lipinski definition) is 3. The lowest BCUT2D eigenvalue weighted by atomic mass is 10.1. The number of nitrogens with two attached hydrogens (primary N) is 2. The van der Waals surface area contributed by atoms with Gasteiger partial charge in [0, 0.05) is 29.9 Å². The van der Waals surface area contributed by atoms with Crippen LogP contribution in [0.2, 0.25) is 0 Å². The summed E-state index contributed by atoms with van der Waals surface area (Å²) in [6.07, 6.45) is 3.23. The van der Waals surface area contributed by atoms with E-state index in [1.54, 1.807) is 24.3 Å². The predicted octanol–water partition coefficient (Wildman–Crippen LogP) is 0.750. The molecule has 1 fully saturated rings. The van der Waals surface area contributed by atoms with E-state index in [4.69, 9.17) is 21.3 Å². The summed E-state index contributed by atoms with van der Waals surface area (Å²) < 4.78 is 19.3. The number of hydrogen-bond acceptors (Lipinski definition) is 5. The molecule has 0 aromatic heterocycles. The Morgan fingerprint density at radius 1 is 1.29 bits per heavy atom. The van der Waals surface area contributed by atoms with Gasteiger partial charge in [0.25, 0.3) is 0 Å². The molecule has 1 aliphatic heterocycles. The van der Waals surface area contributed by atoms with E-state index in [1.807, 2.05) is 4.90 Å². The molecule has 5 nitrogen and oxygen atoms in total. The normalized spacial score (nSPS) is 17.1. The van der Waals surface area contributed by atoms with E-state index >= 15 is 0 Å². The molecule has 1 heterocycles. The fraction of sp³-hybridized carbons (Fsp3) is 0.333. The van der Waals surface area contributed by atoms with Gasteiger partial charge in [-0.25, -0.2) is 4.39 Å². The molecule has 1 aromatic rings. The highest BCUT2D eigenvalue weighted by molar-refractivity contribution is 5.65. The molecule has 0 amide bonds. The number of aliphatic hydroxyl groups is 1. The van der Waals surface area contributed by atoms with Crippen molar-refractivity contribution in [3.63, 3.8) is 0 Å². The van der Waals surface area contributed by atoms with Crippen LogP contribution in [0.25, 0.3) is 5.70 Å². The first-order valence-corrected chi connectivity index (χ1v) is 6.77. The highest BCUT2D eigenvalue weighted by Crippen LogP contribution is 2.18. The number of nitrogens with zero attached hydrogens (tertiary/aromatic N) is 1. The van der Waals surface area contributed by atoms with E-state index in [-0.39, 0.29) is 23.4 Å². The summed E-state index contributed by atoms with van der Waals surface area (Å²) in [7, 11) is 0. The van der Waals surface area contributed by atoms with E-state index < -0.39 is 5.82 Å². The van der Waals surface area contributed by atoms with Crippen LogP contribution >= 0.6 is 0 Å². The molecule has 21 heavy (non-hydrogen) atoms. The maximum Gasteiger partial charge on any atom is 0.137 e. The third-order valence-electron chi connectivity index (χ3n) is 3.37. The molecule has 0 bridgehead atoms. The number of benzene rings is 1. The Morgan fingerprint density at radius 2 is 2.00 bits per heavy atom.